The molecule has 6 aromatic rings. The zero-order chi connectivity index (χ0) is 42.3. The van der Waals surface area contributed by atoms with E-state index in [0.717, 1.165) is 16.5 Å². The number of fused-ring (bicyclic) bond motifs is 1. The van der Waals surface area contributed by atoms with Crippen LogP contribution in [0, 0.1) is 0 Å². The quantitative estimate of drug-likeness (QED) is 0.156. The van der Waals surface area contributed by atoms with Crippen LogP contribution >= 0.6 is 34.8 Å². The lowest BCUT2D eigenvalue weighted by atomic mass is 9.99. The molecule has 0 saturated carbocycles. The molecule has 5 heterocycles. The van der Waals surface area contributed by atoms with Gasteiger partial charge in [0.25, 0.3) is 5.91 Å². The number of ether oxygens (including phenoxy) is 1. The maximum atomic E-state index is 14.8. The standard InChI is InChI=1S/C45H45Cl3N8O4/c1-27(32-14-12-29(46)23-34(32)48)56-26-50-39(28-9-6-5-7-10-28)41(56)38-33-15-13-30(47)24-36(33)51-40(38)43(58)52-35-11-8-18-49-42(35)53-19-16-31(17-20-53)55-22-21-54(25-37(55)57)44(59)60-45(2,3)4/h5-15,18,23-24,26-27,31,51H,16-17,19-22,25H2,1-4H3,(H,52,58)/t27-/m0/s1. The molecule has 3 aromatic heterocycles. The van der Waals surface area contributed by atoms with E-state index >= 15 is 0 Å². The van der Waals surface area contributed by atoms with E-state index in [1.165, 1.54) is 4.90 Å². The van der Waals surface area contributed by atoms with Gasteiger partial charge in [0, 0.05) is 75.5 Å². The summed E-state index contributed by atoms with van der Waals surface area (Å²) in [5.74, 6) is 0.167. The highest BCUT2D eigenvalue weighted by atomic mass is 35.5. The summed E-state index contributed by atoms with van der Waals surface area (Å²) >= 11 is 19.6. The molecule has 2 fully saturated rings. The van der Waals surface area contributed by atoms with Gasteiger partial charge in [-0.1, -0.05) is 77.3 Å². The molecular formula is C45H45Cl3N8O4. The molecule has 2 aliphatic rings. The molecule has 2 aliphatic heterocycles. The second-order valence-corrected chi connectivity index (χ2v) is 17.4. The van der Waals surface area contributed by atoms with Crippen molar-refractivity contribution in [2.75, 3.05) is 42.9 Å². The molecule has 0 radical (unpaired) electrons. The number of pyridine rings is 1. The van der Waals surface area contributed by atoms with Gasteiger partial charge < -0.3 is 29.4 Å². The van der Waals surface area contributed by atoms with Gasteiger partial charge >= 0.3 is 6.09 Å². The number of aromatic nitrogens is 4. The fraction of sp³-hybridized carbons (Fsp3) is 0.311. The summed E-state index contributed by atoms with van der Waals surface area (Å²) in [5.41, 5.74) is 4.67. The number of benzene rings is 3. The molecule has 2 saturated heterocycles. The van der Waals surface area contributed by atoms with E-state index in [0.29, 0.717) is 93.8 Å². The van der Waals surface area contributed by atoms with Crippen molar-refractivity contribution in [2.45, 2.75) is 58.2 Å². The number of anilines is 2. The van der Waals surface area contributed by atoms with Crippen LogP contribution in [0.15, 0.2) is 91.4 Å². The largest absolute Gasteiger partial charge is 0.444 e. The first-order valence-corrected chi connectivity index (χ1v) is 21.1. The van der Waals surface area contributed by atoms with Crippen molar-refractivity contribution in [3.8, 4) is 22.5 Å². The number of piperazine rings is 1. The van der Waals surface area contributed by atoms with Crippen LogP contribution in [0.2, 0.25) is 15.1 Å². The molecule has 12 nitrogen and oxygen atoms in total. The van der Waals surface area contributed by atoms with Crippen molar-refractivity contribution in [2.24, 2.45) is 0 Å². The van der Waals surface area contributed by atoms with Crippen molar-refractivity contribution >= 4 is 75.1 Å². The molecule has 2 N–H and O–H groups in total. The number of imidazole rings is 1. The van der Waals surface area contributed by atoms with E-state index in [4.69, 9.17) is 49.5 Å². The molecule has 3 aromatic carbocycles. The summed E-state index contributed by atoms with van der Waals surface area (Å²) in [7, 11) is 0. The zero-order valence-electron chi connectivity index (χ0n) is 33.7. The summed E-state index contributed by atoms with van der Waals surface area (Å²) in [5, 5.41) is 5.53. The number of aromatic amines is 1. The third-order valence-corrected chi connectivity index (χ3v) is 11.8. The number of nitrogens with one attached hydrogen (secondary N) is 2. The number of rotatable bonds is 8. The van der Waals surface area contributed by atoms with Crippen molar-refractivity contribution < 1.29 is 19.1 Å². The highest BCUT2D eigenvalue weighted by Crippen LogP contribution is 2.42. The SMILES string of the molecule is C[C@@H](c1ccc(Cl)cc1Cl)n1cnc(-c2ccccc2)c1-c1c(C(=O)Nc2cccnc2N2CCC(N3CCN(C(=O)OC(C)(C)C)CC3=O)CC2)[nH]c2cc(Cl)ccc12. The van der Waals surface area contributed by atoms with Crippen LogP contribution < -0.4 is 10.2 Å². The van der Waals surface area contributed by atoms with Gasteiger partial charge in [-0.15, -0.1) is 0 Å². The van der Waals surface area contributed by atoms with E-state index in [2.05, 4.69) is 15.2 Å². The van der Waals surface area contributed by atoms with E-state index in [9.17, 15) is 14.4 Å². The third-order valence-electron chi connectivity index (χ3n) is 11.0. The van der Waals surface area contributed by atoms with Crippen LogP contribution in [-0.2, 0) is 9.53 Å². The third kappa shape index (κ3) is 8.41. The van der Waals surface area contributed by atoms with E-state index in [1.54, 1.807) is 30.7 Å². The van der Waals surface area contributed by atoms with Gasteiger partial charge in [-0.05, 0) is 82.5 Å². The van der Waals surface area contributed by atoms with Gasteiger partial charge in [-0.2, -0.15) is 0 Å². The predicted molar refractivity (Wildman–Crippen MR) is 237 cm³/mol. The molecule has 0 unspecified atom stereocenters. The lowest BCUT2D eigenvalue weighted by Crippen LogP contribution is -2.57. The topological polar surface area (TPSA) is 129 Å². The molecule has 0 aliphatic carbocycles. The minimum atomic E-state index is -0.637. The van der Waals surface area contributed by atoms with E-state index < -0.39 is 11.7 Å². The van der Waals surface area contributed by atoms with E-state index in [-0.39, 0.29) is 30.4 Å². The highest BCUT2D eigenvalue weighted by Gasteiger charge is 2.36. The Kier molecular flexibility index (Phi) is 11.6. The number of amides is 3. The fourth-order valence-corrected chi connectivity index (χ4v) is 8.90. The summed E-state index contributed by atoms with van der Waals surface area (Å²) in [6.45, 7) is 9.56. The molecule has 60 heavy (non-hydrogen) atoms. The lowest BCUT2D eigenvalue weighted by molar-refractivity contribution is -0.139. The smallest absolute Gasteiger partial charge is 0.410 e. The second-order valence-electron chi connectivity index (χ2n) is 16.2. The van der Waals surface area contributed by atoms with Gasteiger partial charge in [0.1, 0.15) is 17.8 Å². The summed E-state index contributed by atoms with van der Waals surface area (Å²) < 4.78 is 7.53. The molecule has 1 atom stereocenters. The Hall–Kier alpha value is -5.56. The van der Waals surface area contributed by atoms with Gasteiger partial charge in [-0.25, -0.2) is 14.8 Å². The molecule has 8 rings (SSSR count). The Morgan fingerprint density at radius 2 is 1.63 bits per heavy atom. The predicted octanol–water partition coefficient (Wildman–Crippen LogP) is 9.96. The summed E-state index contributed by atoms with van der Waals surface area (Å²) in [6, 6.07) is 24.2. The Labute approximate surface area is 363 Å². The zero-order valence-corrected chi connectivity index (χ0v) is 36.0. The number of nitrogens with zero attached hydrogens (tertiary/aromatic N) is 6. The molecule has 3 amide bonds. The van der Waals surface area contributed by atoms with Crippen molar-refractivity contribution in [3.63, 3.8) is 0 Å². The Morgan fingerprint density at radius 3 is 2.35 bits per heavy atom. The number of hydrogen-bond acceptors (Lipinski definition) is 7. The van der Waals surface area contributed by atoms with Gasteiger partial charge in [-0.3, -0.25) is 14.5 Å². The minimum absolute atomic E-state index is 0.00505. The molecule has 310 valence electrons. The van der Waals surface area contributed by atoms with Gasteiger partial charge in [0.2, 0.25) is 5.91 Å². The first kappa shape index (κ1) is 41.2. The lowest BCUT2D eigenvalue weighted by Gasteiger charge is -2.43. The molecule has 0 spiro atoms. The van der Waals surface area contributed by atoms with Crippen LogP contribution in [0.25, 0.3) is 33.4 Å². The second kappa shape index (κ2) is 16.8. The van der Waals surface area contributed by atoms with Crippen LogP contribution in [0.4, 0.5) is 16.3 Å². The maximum absolute atomic E-state index is 14.8. The number of carbonyl (C=O) groups excluding carboxylic acids is 3. The number of piperidine rings is 1. The monoisotopic (exact) mass is 866 g/mol. The van der Waals surface area contributed by atoms with Gasteiger partial charge in [0.15, 0.2) is 5.82 Å². The Balaban J connectivity index is 1.09. The van der Waals surface area contributed by atoms with Crippen LogP contribution in [0.3, 0.4) is 0 Å². The number of H-pyrrole nitrogens is 1. The van der Waals surface area contributed by atoms with Gasteiger partial charge in [0.05, 0.1) is 29.4 Å². The number of hydrogen-bond donors (Lipinski definition) is 2. The minimum Gasteiger partial charge on any atom is -0.444 e. The van der Waals surface area contributed by atoms with Crippen molar-refractivity contribution in [1.82, 2.24) is 29.3 Å². The number of halogens is 3. The molecule has 0 bridgehead atoms. The average Bonchev–Trinajstić information content (AvgIpc) is 3.82. The van der Waals surface area contributed by atoms with Crippen LogP contribution in [0.1, 0.15) is 62.6 Å². The van der Waals surface area contributed by atoms with Crippen LogP contribution in [-0.4, -0.2) is 91.6 Å². The molecular weight excluding hydrogens is 823 g/mol. The average molecular weight is 868 g/mol. The summed E-state index contributed by atoms with van der Waals surface area (Å²) in [6.07, 6.45) is 4.42. The Bertz CT molecular complexity index is 2580. The summed E-state index contributed by atoms with van der Waals surface area (Å²) in [4.78, 5) is 59.3. The first-order chi connectivity index (χ1) is 28.8. The van der Waals surface area contributed by atoms with Crippen molar-refractivity contribution in [3.05, 3.63) is 118 Å². The molecule has 15 heteroatoms. The fourth-order valence-electron chi connectivity index (χ4n) is 8.16. The van der Waals surface area contributed by atoms with Crippen LogP contribution in [0.5, 0.6) is 0 Å². The number of carbonyl (C=O) groups is 3. The van der Waals surface area contributed by atoms with Crippen molar-refractivity contribution in [1.29, 1.82) is 0 Å². The Morgan fingerprint density at radius 1 is 0.900 bits per heavy atom. The van der Waals surface area contributed by atoms with E-state index in [1.807, 2.05) is 97.8 Å². The maximum Gasteiger partial charge on any atom is 0.410 e. The normalized spacial score (nSPS) is 15.7. The first-order valence-electron chi connectivity index (χ1n) is 19.9. The highest BCUT2D eigenvalue weighted by molar-refractivity contribution is 6.35.